The highest BCUT2D eigenvalue weighted by molar-refractivity contribution is 7.80. The van der Waals surface area contributed by atoms with Crippen molar-refractivity contribution in [2.75, 3.05) is 19.0 Å². The lowest BCUT2D eigenvalue weighted by molar-refractivity contribution is 0.340. The van der Waals surface area contributed by atoms with Gasteiger partial charge in [0.25, 0.3) is 0 Å². The fourth-order valence-electron chi connectivity index (χ4n) is 2.41. The Bertz CT molecular complexity index is 659. The zero-order valence-electron chi connectivity index (χ0n) is 14.3. The van der Waals surface area contributed by atoms with Gasteiger partial charge in [-0.25, -0.2) is 0 Å². The van der Waals surface area contributed by atoms with E-state index in [2.05, 4.69) is 29.7 Å². The van der Waals surface area contributed by atoms with Crippen molar-refractivity contribution in [2.45, 2.75) is 26.3 Å². The lowest BCUT2D eigenvalue weighted by atomic mass is 10.0. The van der Waals surface area contributed by atoms with Gasteiger partial charge in [-0.1, -0.05) is 25.1 Å². The zero-order chi connectivity index (χ0) is 17.4. The van der Waals surface area contributed by atoms with Gasteiger partial charge in [-0.15, -0.1) is 0 Å². The van der Waals surface area contributed by atoms with E-state index < -0.39 is 0 Å². The van der Waals surface area contributed by atoms with Crippen molar-refractivity contribution < 1.29 is 9.47 Å². The largest absolute Gasteiger partial charge is 0.497 e. The molecule has 0 radical (unpaired) electrons. The van der Waals surface area contributed by atoms with Crippen molar-refractivity contribution >= 4 is 23.0 Å². The zero-order valence-corrected chi connectivity index (χ0v) is 15.2. The summed E-state index contributed by atoms with van der Waals surface area (Å²) in [4.78, 5) is 0. The van der Waals surface area contributed by atoms with Gasteiger partial charge in [-0.2, -0.15) is 0 Å². The second kappa shape index (κ2) is 9.13. The highest BCUT2D eigenvalue weighted by atomic mass is 32.1. The molecule has 5 heteroatoms. The van der Waals surface area contributed by atoms with Crippen LogP contribution in [0.3, 0.4) is 0 Å². The minimum Gasteiger partial charge on any atom is -0.497 e. The minimum atomic E-state index is 0.144. The van der Waals surface area contributed by atoms with E-state index in [1.165, 1.54) is 5.56 Å². The highest BCUT2D eigenvalue weighted by Gasteiger charge is 2.11. The van der Waals surface area contributed by atoms with Crippen LogP contribution in [0.1, 0.15) is 31.9 Å². The number of methoxy groups -OCH3 is 1. The molecule has 2 aromatic rings. The Balaban J connectivity index is 1.99. The minimum absolute atomic E-state index is 0.144. The van der Waals surface area contributed by atoms with Gasteiger partial charge in [0.15, 0.2) is 5.11 Å². The van der Waals surface area contributed by atoms with Crippen LogP contribution in [0.25, 0.3) is 0 Å². The Morgan fingerprint density at radius 2 is 1.83 bits per heavy atom. The summed E-state index contributed by atoms with van der Waals surface area (Å²) >= 11 is 5.45. The summed E-state index contributed by atoms with van der Waals surface area (Å²) in [7, 11) is 1.67. The fraction of sp³-hybridized carbons (Fsp3) is 0.316. The second-order valence-electron chi connectivity index (χ2n) is 5.29. The van der Waals surface area contributed by atoms with Gasteiger partial charge in [0, 0.05) is 11.8 Å². The Labute approximate surface area is 149 Å². The number of hydrogen-bond acceptors (Lipinski definition) is 3. The van der Waals surface area contributed by atoms with E-state index in [-0.39, 0.29) is 6.04 Å². The predicted octanol–water partition coefficient (Wildman–Crippen LogP) is 4.53. The normalized spacial score (nSPS) is 11.5. The van der Waals surface area contributed by atoms with Gasteiger partial charge in [0.2, 0.25) is 0 Å². The Morgan fingerprint density at radius 1 is 1.08 bits per heavy atom. The summed E-state index contributed by atoms with van der Waals surface area (Å²) in [5.41, 5.74) is 2.08. The van der Waals surface area contributed by atoms with Crippen LogP contribution < -0.4 is 20.1 Å². The molecule has 0 heterocycles. The Hall–Kier alpha value is -2.27. The van der Waals surface area contributed by atoms with Gasteiger partial charge in [-0.05, 0) is 55.4 Å². The van der Waals surface area contributed by atoms with Gasteiger partial charge < -0.3 is 20.1 Å². The molecule has 2 rings (SSSR count). The van der Waals surface area contributed by atoms with Crippen molar-refractivity contribution in [3.63, 3.8) is 0 Å². The maximum Gasteiger partial charge on any atom is 0.171 e. The SMILES string of the molecule is CCOc1cccc(NC(=S)N[C@H](CC)c2ccc(OC)cc2)c1. The molecule has 0 saturated heterocycles. The van der Waals surface area contributed by atoms with Crippen LogP contribution in [-0.4, -0.2) is 18.8 Å². The smallest absolute Gasteiger partial charge is 0.171 e. The average molecular weight is 344 g/mol. The molecule has 0 aliphatic carbocycles. The summed E-state index contributed by atoms with van der Waals surface area (Å²) in [6.45, 7) is 4.73. The van der Waals surface area contributed by atoms with E-state index in [0.717, 1.165) is 23.6 Å². The maximum atomic E-state index is 5.51. The lowest BCUT2D eigenvalue weighted by Crippen LogP contribution is -2.32. The quantitative estimate of drug-likeness (QED) is 0.722. The molecular weight excluding hydrogens is 320 g/mol. The first-order valence-corrected chi connectivity index (χ1v) is 8.51. The topological polar surface area (TPSA) is 42.5 Å². The number of hydrogen-bond donors (Lipinski definition) is 2. The number of rotatable bonds is 7. The van der Waals surface area contributed by atoms with Crippen LogP contribution in [-0.2, 0) is 0 Å². The Morgan fingerprint density at radius 3 is 2.46 bits per heavy atom. The van der Waals surface area contributed by atoms with Crippen LogP contribution in [0.2, 0.25) is 0 Å². The number of ether oxygens (including phenoxy) is 2. The molecule has 0 saturated carbocycles. The Kier molecular flexibility index (Phi) is 6.88. The van der Waals surface area contributed by atoms with E-state index in [1.54, 1.807) is 7.11 Å². The van der Waals surface area contributed by atoms with Gasteiger partial charge in [-0.3, -0.25) is 0 Å². The molecule has 24 heavy (non-hydrogen) atoms. The first kappa shape index (κ1) is 18.1. The summed E-state index contributed by atoms with van der Waals surface area (Å²) in [5.74, 6) is 1.68. The molecule has 2 N–H and O–H groups in total. The third-order valence-electron chi connectivity index (χ3n) is 3.63. The number of nitrogens with one attached hydrogen (secondary N) is 2. The van der Waals surface area contributed by atoms with E-state index in [9.17, 15) is 0 Å². The van der Waals surface area contributed by atoms with Crippen LogP contribution in [0.15, 0.2) is 48.5 Å². The average Bonchev–Trinajstić information content (AvgIpc) is 2.60. The van der Waals surface area contributed by atoms with Crippen molar-refractivity contribution in [2.24, 2.45) is 0 Å². The fourth-order valence-corrected chi connectivity index (χ4v) is 2.67. The van der Waals surface area contributed by atoms with E-state index in [1.807, 2.05) is 43.3 Å². The summed E-state index contributed by atoms with van der Waals surface area (Å²) in [5, 5.41) is 7.16. The summed E-state index contributed by atoms with van der Waals surface area (Å²) < 4.78 is 10.7. The van der Waals surface area contributed by atoms with Crippen molar-refractivity contribution in [1.29, 1.82) is 0 Å². The molecule has 128 valence electrons. The van der Waals surface area contributed by atoms with Crippen LogP contribution in [0.5, 0.6) is 11.5 Å². The molecular formula is C19H24N2O2S. The molecule has 0 amide bonds. The van der Waals surface area contributed by atoms with Crippen molar-refractivity contribution in [3.05, 3.63) is 54.1 Å². The predicted molar refractivity (Wildman–Crippen MR) is 103 cm³/mol. The summed E-state index contributed by atoms with van der Waals surface area (Å²) in [6, 6.07) is 15.9. The lowest BCUT2D eigenvalue weighted by Gasteiger charge is -2.20. The number of benzene rings is 2. The van der Waals surface area contributed by atoms with Crippen LogP contribution in [0.4, 0.5) is 5.69 Å². The summed E-state index contributed by atoms with van der Waals surface area (Å²) in [6.07, 6.45) is 0.924. The molecule has 1 atom stereocenters. The van der Waals surface area contributed by atoms with E-state index >= 15 is 0 Å². The van der Waals surface area contributed by atoms with Crippen molar-refractivity contribution in [3.8, 4) is 11.5 Å². The second-order valence-corrected chi connectivity index (χ2v) is 5.70. The third kappa shape index (κ3) is 5.13. The van der Waals surface area contributed by atoms with Crippen LogP contribution >= 0.6 is 12.2 Å². The maximum absolute atomic E-state index is 5.51. The number of anilines is 1. The molecule has 0 aromatic heterocycles. The first-order chi connectivity index (χ1) is 11.7. The molecule has 0 aliphatic heterocycles. The van der Waals surface area contributed by atoms with Crippen LogP contribution in [0, 0.1) is 0 Å². The number of thiocarbonyl (C=S) groups is 1. The monoisotopic (exact) mass is 344 g/mol. The van der Waals surface area contributed by atoms with Gasteiger partial charge in [0.1, 0.15) is 11.5 Å². The first-order valence-electron chi connectivity index (χ1n) is 8.10. The molecule has 0 aliphatic rings. The molecule has 2 aromatic carbocycles. The molecule has 0 unspecified atom stereocenters. The van der Waals surface area contributed by atoms with Gasteiger partial charge in [0.05, 0.1) is 19.8 Å². The molecule has 4 nitrogen and oxygen atoms in total. The molecule has 0 bridgehead atoms. The molecule has 0 spiro atoms. The highest BCUT2D eigenvalue weighted by Crippen LogP contribution is 2.21. The molecule has 0 fully saturated rings. The third-order valence-corrected chi connectivity index (χ3v) is 3.85. The van der Waals surface area contributed by atoms with E-state index in [4.69, 9.17) is 21.7 Å². The van der Waals surface area contributed by atoms with E-state index in [0.29, 0.717) is 11.7 Å². The van der Waals surface area contributed by atoms with Crippen molar-refractivity contribution in [1.82, 2.24) is 5.32 Å². The van der Waals surface area contributed by atoms with Gasteiger partial charge >= 0.3 is 0 Å². The standard InChI is InChI=1S/C19H24N2O2S/c1-4-18(14-9-11-16(22-3)12-10-14)21-19(24)20-15-7-6-8-17(13-15)23-5-2/h6-13,18H,4-5H2,1-3H3,(H2,20,21,24)/t18-/m1/s1.